The van der Waals surface area contributed by atoms with Crippen LogP contribution >= 0.6 is 11.6 Å². The molecule has 1 aromatic carbocycles. The molecule has 1 amide bonds. The van der Waals surface area contributed by atoms with Crippen LogP contribution in [0.15, 0.2) is 18.5 Å². The molecule has 0 N–H and O–H groups in total. The van der Waals surface area contributed by atoms with Gasteiger partial charge in [-0.1, -0.05) is 11.6 Å². The lowest BCUT2D eigenvalue weighted by atomic mass is 9.78. The summed E-state index contributed by atoms with van der Waals surface area (Å²) in [4.78, 5) is 22.5. The molecule has 1 aliphatic carbocycles. The van der Waals surface area contributed by atoms with Crippen molar-refractivity contribution in [2.45, 2.75) is 63.2 Å². The minimum Gasteiger partial charge on any atom is -0.441 e. The molecule has 2 aromatic rings. The van der Waals surface area contributed by atoms with E-state index in [2.05, 4.69) is 21.3 Å². The molecule has 2 saturated heterocycles. The van der Waals surface area contributed by atoms with E-state index in [4.69, 9.17) is 27.6 Å². The number of imidazole rings is 1. The fourth-order valence-corrected chi connectivity index (χ4v) is 5.87. The van der Waals surface area contributed by atoms with Gasteiger partial charge in [0.1, 0.15) is 11.1 Å². The topological polar surface area (TPSA) is 61.0 Å². The van der Waals surface area contributed by atoms with Crippen LogP contribution < -0.4 is 0 Å². The molecule has 3 aliphatic rings. The quantitative estimate of drug-likeness (QED) is 0.611. The summed E-state index contributed by atoms with van der Waals surface area (Å²) in [5.74, 6) is 0.368. The highest BCUT2D eigenvalue weighted by Crippen LogP contribution is 2.42. The maximum absolute atomic E-state index is 12.7. The number of hydrogen-bond acceptors (Lipinski definition) is 4. The van der Waals surface area contributed by atoms with Gasteiger partial charge in [-0.25, -0.2) is 14.6 Å². The Bertz CT molecular complexity index is 1060. The maximum Gasteiger partial charge on any atom is 0.410 e. The summed E-state index contributed by atoms with van der Waals surface area (Å²) in [5.41, 5.74) is 1.46. The number of fused-ring (bicyclic) bond motifs is 1. The van der Waals surface area contributed by atoms with E-state index < -0.39 is 5.60 Å². The first-order valence-electron chi connectivity index (χ1n) is 11.0. The Morgan fingerprint density at radius 3 is 3.00 bits per heavy atom. The summed E-state index contributed by atoms with van der Waals surface area (Å²) >= 11 is 6.32. The van der Waals surface area contributed by atoms with Gasteiger partial charge in [0, 0.05) is 13.2 Å². The van der Waals surface area contributed by atoms with Crippen molar-refractivity contribution < 1.29 is 14.3 Å². The van der Waals surface area contributed by atoms with Crippen molar-refractivity contribution in [2.75, 3.05) is 19.7 Å². The average Bonchev–Trinajstić information content (AvgIpc) is 3.41. The lowest BCUT2D eigenvalue weighted by Gasteiger charge is -2.36. The number of rotatable bonds is 4. The Morgan fingerprint density at radius 2 is 2.23 bits per heavy atom. The molecule has 5 rings (SSSR count). The number of carbonyl (C=O) groups is 1. The Hall–Kier alpha value is -2.30. The average molecular weight is 443 g/mol. The van der Waals surface area contributed by atoms with Gasteiger partial charge in [0.25, 0.3) is 0 Å². The van der Waals surface area contributed by atoms with E-state index >= 15 is 0 Å². The number of ether oxygens (including phenoxy) is 2. The summed E-state index contributed by atoms with van der Waals surface area (Å²) in [6.45, 7) is 12.2. The molecule has 0 bridgehead atoms. The molecule has 1 saturated carbocycles. The van der Waals surface area contributed by atoms with Crippen molar-refractivity contribution in [3.8, 4) is 0 Å². The number of benzene rings is 1. The molecule has 1 spiro atoms. The number of amides is 1. The molecule has 1 aromatic heterocycles. The van der Waals surface area contributed by atoms with Gasteiger partial charge in [-0.05, 0) is 63.5 Å². The summed E-state index contributed by atoms with van der Waals surface area (Å²) in [6.07, 6.45) is 7.47. The predicted molar refractivity (Wildman–Crippen MR) is 117 cm³/mol. The van der Waals surface area contributed by atoms with Crippen LogP contribution in [0.3, 0.4) is 0 Å². The van der Waals surface area contributed by atoms with E-state index in [0.29, 0.717) is 29.7 Å². The largest absolute Gasteiger partial charge is 0.441 e. The lowest BCUT2D eigenvalue weighted by molar-refractivity contribution is -0.00120. The summed E-state index contributed by atoms with van der Waals surface area (Å²) < 4.78 is 14.0. The molecule has 2 aliphatic heterocycles. The van der Waals surface area contributed by atoms with Gasteiger partial charge < -0.3 is 18.9 Å². The van der Waals surface area contributed by atoms with Crippen LogP contribution in [0.2, 0.25) is 5.02 Å². The third-order valence-electron chi connectivity index (χ3n) is 7.02. The number of carbonyl (C=O) groups excluding carboxylic acids is 1. The second-order valence-electron chi connectivity index (χ2n) is 9.58. The molecule has 3 atom stereocenters. The van der Waals surface area contributed by atoms with Crippen molar-refractivity contribution in [3.05, 3.63) is 34.9 Å². The van der Waals surface area contributed by atoms with E-state index in [1.807, 2.05) is 11.0 Å². The monoisotopic (exact) mass is 442 g/mol. The number of hydrogen-bond donors (Lipinski definition) is 0. The van der Waals surface area contributed by atoms with E-state index in [1.54, 1.807) is 12.4 Å². The van der Waals surface area contributed by atoms with Crippen LogP contribution in [0.25, 0.3) is 15.9 Å². The zero-order valence-corrected chi connectivity index (χ0v) is 18.5. The van der Waals surface area contributed by atoms with Gasteiger partial charge in [-0.15, -0.1) is 0 Å². The fourth-order valence-electron chi connectivity index (χ4n) is 5.61. The third kappa shape index (κ3) is 3.88. The normalized spacial score (nSPS) is 30.8. The minimum atomic E-state index is -0.412. The molecule has 31 heavy (non-hydrogen) atoms. The highest BCUT2D eigenvalue weighted by molar-refractivity contribution is 6.35. The highest BCUT2D eigenvalue weighted by Gasteiger charge is 2.49. The predicted octanol–water partition coefficient (Wildman–Crippen LogP) is 5.19. The minimum absolute atomic E-state index is 0.209. The molecule has 7 nitrogen and oxygen atoms in total. The van der Waals surface area contributed by atoms with Crippen molar-refractivity contribution in [2.24, 2.45) is 5.92 Å². The van der Waals surface area contributed by atoms with Gasteiger partial charge >= 0.3 is 6.09 Å². The standard InChI is InChI=1S/C23H27ClN4O3/c1-22(6-4-8-30-22)13-28-14-23(31-21(28)29)7-3-5-16(11-23)12-27-15-26-20-18(24)9-17(25-2)10-19(20)27/h9-10,15-16H,3-8,11-14H2,1H3/t16-,22?,23-/m0/s1. The summed E-state index contributed by atoms with van der Waals surface area (Å²) in [6, 6.07) is 3.50. The SMILES string of the molecule is [C-]#[N+]c1cc(Cl)c2ncn(C[C@H]3CCC[C@]4(C3)CN(CC3(C)CCCO3)C(=O)O4)c2c1. The van der Waals surface area contributed by atoms with E-state index in [0.717, 1.165) is 62.7 Å². The molecule has 3 heterocycles. The Balaban J connectivity index is 1.31. The van der Waals surface area contributed by atoms with Crippen LogP contribution in [0.4, 0.5) is 10.5 Å². The first-order chi connectivity index (χ1) is 14.9. The Morgan fingerprint density at radius 1 is 1.35 bits per heavy atom. The number of aromatic nitrogens is 2. The first kappa shape index (κ1) is 20.6. The molecule has 164 valence electrons. The van der Waals surface area contributed by atoms with Gasteiger partial charge in [0.05, 0.1) is 42.1 Å². The van der Waals surface area contributed by atoms with Crippen LogP contribution in [-0.2, 0) is 16.0 Å². The van der Waals surface area contributed by atoms with Gasteiger partial charge in [-0.2, -0.15) is 0 Å². The Labute approximate surface area is 187 Å². The van der Waals surface area contributed by atoms with Crippen LogP contribution in [-0.4, -0.2) is 51.4 Å². The van der Waals surface area contributed by atoms with E-state index in [1.165, 1.54) is 0 Å². The van der Waals surface area contributed by atoms with E-state index in [-0.39, 0.29) is 11.7 Å². The van der Waals surface area contributed by atoms with Crippen LogP contribution in [0.5, 0.6) is 0 Å². The van der Waals surface area contributed by atoms with Crippen molar-refractivity contribution in [1.29, 1.82) is 0 Å². The molecule has 8 heteroatoms. The number of nitrogens with zero attached hydrogens (tertiary/aromatic N) is 4. The van der Waals surface area contributed by atoms with Crippen LogP contribution in [0, 0.1) is 12.5 Å². The molecular formula is C23H27ClN4O3. The highest BCUT2D eigenvalue weighted by atomic mass is 35.5. The van der Waals surface area contributed by atoms with Crippen molar-refractivity contribution >= 4 is 34.4 Å². The molecular weight excluding hydrogens is 416 g/mol. The first-order valence-corrected chi connectivity index (χ1v) is 11.4. The van der Waals surface area contributed by atoms with E-state index in [9.17, 15) is 4.79 Å². The van der Waals surface area contributed by atoms with Gasteiger partial charge in [0.2, 0.25) is 0 Å². The maximum atomic E-state index is 12.7. The summed E-state index contributed by atoms with van der Waals surface area (Å²) in [5, 5.41) is 0.505. The zero-order chi connectivity index (χ0) is 21.6. The molecule has 3 fully saturated rings. The fraction of sp³-hybridized carbons (Fsp3) is 0.609. The zero-order valence-electron chi connectivity index (χ0n) is 17.8. The third-order valence-corrected chi connectivity index (χ3v) is 7.31. The van der Waals surface area contributed by atoms with Gasteiger partial charge in [-0.3, -0.25) is 0 Å². The smallest absolute Gasteiger partial charge is 0.410 e. The molecule has 0 radical (unpaired) electrons. The second kappa shape index (κ2) is 7.68. The van der Waals surface area contributed by atoms with Crippen LogP contribution in [0.1, 0.15) is 45.4 Å². The van der Waals surface area contributed by atoms with Gasteiger partial charge in [0.15, 0.2) is 5.69 Å². The lowest BCUT2D eigenvalue weighted by Crippen LogP contribution is -2.44. The molecule has 1 unspecified atom stereocenters. The van der Waals surface area contributed by atoms with Crippen molar-refractivity contribution in [3.63, 3.8) is 0 Å². The number of halogens is 1. The second-order valence-corrected chi connectivity index (χ2v) is 9.98. The Kier molecular flexibility index (Phi) is 5.10. The van der Waals surface area contributed by atoms with Crippen molar-refractivity contribution in [1.82, 2.24) is 14.5 Å². The summed E-state index contributed by atoms with van der Waals surface area (Å²) in [7, 11) is 0.